The zero-order valence-electron chi connectivity index (χ0n) is 6.94. The number of aromatic hydroxyl groups is 1. The monoisotopic (exact) mass is 167 g/mol. The van der Waals surface area contributed by atoms with Crippen molar-refractivity contribution in [2.24, 2.45) is 5.73 Å². The van der Waals surface area contributed by atoms with Gasteiger partial charge in [-0.1, -0.05) is 18.2 Å². The first-order chi connectivity index (χ1) is 5.63. The molecule has 66 valence electrons. The fraction of sp³-hybridized carbons (Fsp3) is 0.333. The number of rotatable bonds is 2. The second kappa shape index (κ2) is 3.56. The van der Waals surface area contributed by atoms with Crippen LogP contribution in [0.5, 0.6) is 5.75 Å². The number of phenolic OH excluding ortho intramolecular Hbond substituents is 1. The lowest BCUT2D eigenvalue weighted by molar-refractivity contribution is 0.163. The van der Waals surface area contributed by atoms with Crippen molar-refractivity contribution in [2.75, 3.05) is 0 Å². The molecule has 0 aromatic heterocycles. The molecular formula is C9H13NO2. The summed E-state index contributed by atoms with van der Waals surface area (Å²) in [5, 5.41) is 18.5. The Morgan fingerprint density at radius 2 is 1.92 bits per heavy atom. The summed E-state index contributed by atoms with van der Waals surface area (Å²) in [6.45, 7) is 1.59. The molecule has 0 amide bonds. The van der Waals surface area contributed by atoms with Gasteiger partial charge in [0.2, 0.25) is 0 Å². The molecule has 0 saturated carbocycles. The molecule has 0 bridgehead atoms. The lowest BCUT2D eigenvalue weighted by Gasteiger charge is -2.15. The molecule has 4 N–H and O–H groups in total. The molecule has 1 aromatic rings. The molecule has 1 rings (SSSR count). The lowest BCUT2D eigenvalue weighted by Crippen LogP contribution is -2.23. The molecule has 3 nitrogen and oxygen atoms in total. The van der Waals surface area contributed by atoms with Crippen molar-refractivity contribution in [1.29, 1.82) is 0 Å². The van der Waals surface area contributed by atoms with E-state index in [-0.39, 0.29) is 5.75 Å². The van der Waals surface area contributed by atoms with Gasteiger partial charge < -0.3 is 15.9 Å². The fourth-order valence-electron chi connectivity index (χ4n) is 1.03. The SMILES string of the molecule is CC(O)C(N)c1ccccc1O. The number of aliphatic hydroxyl groups is 1. The van der Waals surface area contributed by atoms with Gasteiger partial charge in [-0.15, -0.1) is 0 Å². The van der Waals surface area contributed by atoms with Gasteiger partial charge in [0.15, 0.2) is 0 Å². The van der Waals surface area contributed by atoms with Gasteiger partial charge in [0, 0.05) is 5.56 Å². The Bertz CT molecular complexity index is 260. The van der Waals surface area contributed by atoms with Crippen LogP contribution in [0, 0.1) is 0 Å². The van der Waals surface area contributed by atoms with Gasteiger partial charge in [0.05, 0.1) is 12.1 Å². The highest BCUT2D eigenvalue weighted by Crippen LogP contribution is 2.23. The van der Waals surface area contributed by atoms with E-state index in [0.29, 0.717) is 5.56 Å². The minimum Gasteiger partial charge on any atom is -0.508 e. The number of phenols is 1. The predicted octanol–water partition coefficient (Wildman–Crippen LogP) is 0.773. The summed E-state index contributed by atoms with van der Waals surface area (Å²) < 4.78 is 0. The van der Waals surface area contributed by atoms with Gasteiger partial charge >= 0.3 is 0 Å². The van der Waals surface area contributed by atoms with Crippen molar-refractivity contribution in [3.8, 4) is 5.75 Å². The van der Waals surface area contributed by atoms with Crippen LogP contribution in [-0.4, -0.2) is 16.3 Å². The van der Waals surface area contributed by atoms with Gasteiger partial charge in [0.25, 0.3) is 0 Å². The Labute approximate surface area is 71.5 Å². The average Bonchev–Trinajstić information content (AvgIpc) is 2.04. The summed E-state index contributed by atoms with van der Waals surface area (Å²) in [6.07, 6.45) is -0.654. The third kappa shape index (κ3) is 1.75. The first kappa shape index (κ1) is 9.03. The number of hydrogen-bond donors (Lipinski definition) is 3. The number of para-hydroxylation sites is 1. The number of aliphatic hydroxyl groups excluding tert-OH is 1. The van der Waals surface area contributed by atoms with Gasteiger partial charge in [-0.25, -0.2) is 0 Å². The summed E-state index contributed by atoms with van der Waals surface area (Å²) in [7, 11) is 0. The van der Waals surface area contributed by atoms with Crippen LogP contribution in [0.2, 0.25) is 0 Å². The van der Waals surface area contributed by atoms with Gasteiger partial charge in [-0.2, -0.15) is 0 Å². The van der Waals surface area contributed by atoms with Gasteiger partial charge in [0.1, 0.15) is 5.75 Å². The van der Waals surface area contributed by atoms with Crippen LogP contribution >= 0.6 is 0 Å². The highest BCUT2D eigenvalue weighted by molar-refractivity contribution is 5.34. The number of nitrogens with two attached hydrogens (primary N) is 1. The van der Waals surface area contributed by atoms with Crippen LogP contribution in [0.1, 0.15) is 18.5 Å². The summed E-state index contributed by atoms with van der Waals surface area (Å²) in [5.41, 5.74) is 6.20. The van der Waals surface area contributed by atoms with Crippen LogP contribution in [0.3, 0.4) is 0 Å². The van der Waals surface area contributed by atoms with E-state index < -0.39 is 12.1 Å². The van der Waals surface area contributed by atoms with E-state index in [2.05, 4.69) is 0 Å². The molecule has 2 unspecified atom stereocenters. The topological polar surface area (TPSA) is 66.5 Å². The summed E-state index contributed by atoms with van der Waals surface area (Å²) >= 11 is 0. The van der Waals surface area contributed by atoms with Crippen molar-refractivity contribution in [3.05, 3.63) is 29.8 Å². The average molecular weight is 167 g/mol. The largest absolute Gasteiger partial charge is 0.508 e. The standard InChI is InChI=1S/C9H13NO2/c1-6(11)9(10)7-4-2-3-5-8(7)12/h2-6,9,11-12H,10H2,1H3. The third-order valence-electron chi connectivity index (χ3n) is 1.82. The molecular weight excluding hydrogens is 154 g/mol. The smallest absolute Gasteiger partial charge is 0.120 e. The van der Waals surface area contributed by atoms with E-state index >= 15 is 0 Å². The van der Waals surface area contributed by atoms with Crippen LogP contribution in [0.25, 0.3) is 0 Å². The van der Waals surface area contributed by atoms with E-state index in [1.165, 1.54) is 0 Å². The molecule has 0 heterocycles. The maximum Gasteiger partial charge on any atom is 0.120 e. The lowest BCUT2D eigenvalue weighted by atomic mass is 10.0. The Hall–Kier alpha value is -1.06. The van der Waals surface area contributed by atoms with Crippen molar-refractivity contribution in [1.82, 2.24) is 0 Å². The molecule has 0 aliphatic rings. The zero-order chi connectivity index (χ0) is 9.14. The molecule has 0 fully saturated rings. The van der Waals surface area contributed by atoms with Gasteiger partial charge in [-0.3, -0.25) is 0 Å². The molecule has 12 heavy (non-hydrogen) atoms. The van der Waals surface area contributed by atoms with Crippen molar-refractivity contribution in [3.63, 3.8) is 0 Å². The summed E-state index contributed by atoms with van der Waals surface area (Å²) in [5.74, 6) is 0.130. The Kier molecular flexibility index (Phi) is 2.68. The molecule has 2 atom stereocenters. The molecule has 3 heteroatoms. The van der Waals surface area contributed by atoms with Crippen molar-refractivity contribution in [2.45, 2.75) is 19.1 Å². The molecule has 0 aliphatic heterocycles. The predicted molar refractivity (Wildman–Crippen MR) is 46.7 cm³/mol. The zero-order valence-corrected chi connectivity index (χ0v) is 6.94. The maximum atomic E-state index is 9.34. The maximum absolute atomic E-state index is 9.34. The molecule has 1 aromatic carbocycles. The quantitative estimate of drug-likeness (QED) is 0.609. The molecule has 0 saturated heterocycles. The highest BCUT2D eigenvalue weighted by atomic mass is 16.3. The third-order valence-corrected chi connectivity index (χ3v) is 1.82. The Morgan fingerprint density at radius 3 is 2.42 bits per heavy atom. The van der Waals surface area contributed by atoms with Gasteiger partial charge in [-0.05, 0) is 13.0 Å². The summed E-state index contributed by atoms with van der Waals surface area (Å²) in [6, 6.07) is 6.22. The van der Waals surface area contributed by atoms with E-state index in [1.807, 2.05) is 0 Å². The molecule has 0 aliphatic carbocycles. The summed E-state index contributed by atoms with van der Waals surface area (Å²) in [4.78, 5) is 0. The molecule has 0 radical (unpaired) electrons. The first-order valence-corrected chi connectivity index (χ1v) is 3.84. The minimum absolute atomic E-state index is 0.130. The van der Waals surface area contributed by atoms with E-state index in [1.54, 1.807) is 31.2 Å². The Balaban J connectivity index is 2.94. The van der Waals surface area contributed by atoms with Crippen LogP contribution in [0.15, 0.2) is 24.3 Å². The minimum atomic E-state index is -0.654. The van der Waals surface area contributed by atoms with E-state index in [9.17, 15) is 5.11 Å². The van der Waals surface area contributed by atoms with Crippen molar-refractivity contribution >= 4 is 0 Å². The van der Waals surface area contributed by atoms with E-state index in [4.69, 9.17) is 10.8 Å². The highest BCUT2D eigenvalue weighted by Gasteiger charge is 2.14. The molecule has 0 spiro atoms. The normalized spacial score (nSPS) is 15.6. The second-order valence-corrected chi connectivity index (χ2v) is 2.83. The van der Waals surface area contributed by atoms with Crippen LogP contribution in [0.4, 0.5) is 0 Å². The first-order valence-electron chi connectivity index (χ1n) is 3.84. The fourth-order valence-corrected chi connectivity index (χ4v) is 1.03. The van der Waals surface area contributed by atoms with Crippen molar-refractivity contribution < 1.29 is 10.2 Å². The van der Waals surface area contributed by atoms with E-state index in [0.717, 1.165) is 0 Å². The van der Waals surface area contributed by atoms with Crippen LogP contribution in [-0.2, 0) is 0 Å². The number of hydrogen-bond acceptors (Lipinski definition) is 3. The second-order valence-electron chi connectivity index (χ2n) is 2.83. The number of benzene rings is 1. The van der Waals surface area contributed by atoms with Crippen LogP contribution < -0.4 is 5.73 Å². The Morgan fingerprint density at radius 1 is 1.33 bits per heavy atom.